The average molecular weight is 290 g/mol. The molecule has 0 aromatic carbocycles. The predicted molar refractivity (Wildman–Crippen MR) is 91.1 cm³/mol. The maximum Gasteiger partial charge on any atom is 0.0656 e. The Hall–Kier alpha value is -0.560. The molecule has 2 saturated carbocycles. The fourth-order valence-electron chi connectivity index (χ4n) is 5.53. The van der Waals surface area contributed by atoms with Crippen LogP contribution in [0.5, 0.6) is 0 Å². The SMILES string of the molecule is C=C/C(C)=C\C[C@@H]1[C@@]2(C)CCCC(C)(C)C2CC[C@@]1(C)O. The fourth-order valence-corrected chi connectivity index (χ4v) is 5.53. The second kappa shape index (κ2) is 5.57. The van der Waals surface area contributed by atoms with Crippen LogP contribution in [0.1, 0.15) is 73.1 Å². The number of aliphatic hydroxyl groups is 1. The van der Waals surface area contributed by atoms with Gasteiger partial charge >= 0.3 is 0 Å². The van der Waals surface area contributed by atoms with Crippen LogP contribution < -0.4 is 0 Å². The van der Waals surface area contributed by atoms with E-state index in [1.807, 2.05) is 6.08 Å². The molecule has 2 fully saturated rings. The highest BCUT2D eigenvalue weighted by Crippen LogP contribution is 2.62. The molecular formula is C20H34O. The second-order valence-corrected chi connectivity index (χ2v) is 8.74. The van der Waals surface area contributed by atoms with Gasteiger partial charge < -0.3 is 5.11 Å². The van der Waals surface area contributed by atoms with Gasteiger partial charge in [-0.3, -0.25) is 0 Å². The number of rotatable bonds is 3. The van der Waals surface area contributed by atoms with Crippen LogP contribution in [-0.2, 0) is 0 Å². The molecule has 2 aliphatic rings. The third-order valence-corrected chi connectivity index (χ3v) is 6.76. The first-order valence-corrected chi connectivity index (χ1v) is 8.65. The van der Waals surface area contributed by atoms with Crippen LogP contribution >= 0.6 is 0 Å². The molecule has 0 radical (unpaired) electrons. The molecule has 0 heterocycles. The van der Waals surface area contributed by atoms with Gasteiger partial charge in [0.25, 0.3) is 0 Å². The highest BCUT2D eigenvalue weighted by molar-refractivity contribution is 5.15. The quantitative estimate of drug-likeness (QED) is 0.680. The summed E-state index contributed by atoms with van der Waals surface area (Å²) in [6.45, 7) is 15.4. The Kier molecular flexibility index (Phi) is 4.46. The summed E-state index contributed by atoms with van der Waals surface area (Å²) in [4.78, 5) is 0. The summed E-state index contributed by atoms with van der Waals surface area (Å²) < 4.78 is 0. The zero-order valence-corrected chi connectivity index (χ0v) is 14.7. The van der Waals surface area contributed by atoms with E-state index in [-0.39, 0.29) is 5.41 Å². The van der Waals surface area contributed by atoms with Crippen molar-refractivity contribution in [2.24, 2.45) is 22.7 Å². The van der Waals surface area contributed by atoms with Gasteiger partial charge in [0.05, 0.1) is 5.60 Å². The van der Waals surface area contributed by atoms with Gasteiger partial charge in [-0.05, 0) is 68.6 Å². The smallest absolute Gasteiger partial charge is 0.0656 e. The average Bonchev–Trinajstić information content (AvgIpc) is 2.35. The first kappa shape index (κ1) is 16.8. The van der Waals surface area contributed by atoms with Crippen LogP contribution in [0.4, 0.5) is 0 Å². The zero-order chi connectivity index (χ0) is 15.9. The third kappa shape index (κ3) is 2.99. The van der Waals surface area contributed by atoms with Crippen LogP contribution in [0.2, 0.25) is 0 Å². The van der Waals surface area contributed by atoms with E-state index >= 15 is 0 Å². The molecule has 1 nitrogen and oxygen atoms in total. The number of hydrogen-bond acceptors (Lipinski definition) is 1. The highest BCUT2D eigenvalue weighted by atomic mass is 16.3. The molecular weight excluding hydrogens is 256 g/mol. The fraction of sp³-hybridized carbons (Fsp3) is 0.800. The molecule has 0 aliphatic heterocycles. The van der Waals surface area contributed by atoms with Crippen LogP contribution in [0.15, 0.2) is 24.3 Å². The molecule has 2 rings (SSSR count). The topological polar surface area (TPSA) is 20.2 Å². The monoisotopic (exact) mass is 290 g/mol. The Morgan fingerprint density at radius 2 is 1.86 bits per heavy atom. The zero-order valence-electron chi connectivity index (χ0n) is 14.7. The minimum absolute atomic E-state index is 0.265. The standard InChI is InChI=1S/C20H34O/c1-7-15(2)9-10-17-19(5)13-8-12-18(3,4)16(19)11-14-20(17,6)21/h7,9,16-17,21H,1,8,10-14H2,2-6H3/b15-9-/t16?,17-,19+,20-/m1/s1. The van der Waals surface area contributed by atoms with Crippen molar-refractivity contribution in [3.05, 3.63) is 24.3 Å². The Morgan fingerprint density at radius 3 is 2.48 bits per heavy atom. The van der Waals surface area contributed by atoms with Crippen molar-refractivity contribution in [2.45, 2.75) is 78.7 Å². The maximum absolute atomic E-state index is 11.0. The molecule has 0 spiro atoms. The van der Waals surface area contributed by atoms with Gasteiger partial charge in [0.15, 0.2) is 0 Å². The molecule has 1 unspecified atom stereocenters. The molecule has 120 valence electrons. The summed E-state index contributed by atoms with van der Waals surface area (Å²) in [6.07, 6.45) is 11.2. The molecule has 1 N–H and O–H groups in total. The number of allylic oxidation sites excluding steroid dienone is 3. The Morgan fingerprint density at radius 1 is 1.19 bits per heavy atom. The molecule has 0 amide bonds. The van der Waals surface area contributed by atoms with E-state index in [9.17, 15) is 5.11 Å². The van der Waals surface area contributed by atoms with E-state index < -0.39 is 5.60 Å². The summed E-state index contributed by atoms with van der Waals surface area (Å²) in [6, 6.07) is 0. The number of fused-ring (bicyclic) bond motifs is 1. The van der Waals surface area contributed by atoms with Crippen molar-refractivity contribution in [3.63, 3.8) is 0 Å². The lowest BCUT2D eigenvalue weighted by Crippen LogP contribution is -2.57. The first-order valence-electron chi connectivity index (χ1n) is 8.65. The molecule has 0 aromatic rings. The Bertz CT molecular complexity index is 429. The summed E-state index contributed by atoms with van der Waals surface area (Å²) in [5.74, 6) is 1.10. The van der Waals surface area contributed by atoms with Gasteiger partial charge in [0.2, 0.25) is 0 Å². The lowest BCUT2D eigenvalue weighted by Gasteiger charge is -2.61. The van der Waals surface area contributed by atoms with Gasteiger partial charge in [-0.25, -0.2) is 0 Å². The lowest BCUT2D eigenvalue weighted by atomic mass is 9.45. The summed E-state index contributed by atoms with van der Waals surface area (Å²) in [7, 11) is 0. The van der Waals surface area contributed by atoms with E-state index in [1.54, 1.807) is 0 Å². The first-order chi connectivity index (χ1) is 9.63. The van der Waals surface area contributed by atoms with Crippen LogP contribution in [0, 0.1) is 22.7 Å². The molecule has 0 aromatic heterocycles. The number of hydrogen-bond donors (Lipinski definition) is 1. The van der Waals surface area contributed by atoms with Gasteiger partial charge in [-0.15, -0.1) is 0 Å². The lowest BCUT2D eigenvalue weighted by molar-refractivity contribution is -0.165. The summed E-state index contributed by atoms with van der Waals surface area (Å²) >= 11 is 0. The van der Waals surface area contributed by atoms with E-state index in [1.165, 1.54) is 31.3 Å². The van der Waals surface area contributed by atoms with Crippen molar-refractivity contribution < 1.29 is 5.11 Å². The summed E-state index contributed by atoms with van der Waals surface area (Å²) in [5, 5.41) is 11.0. The Labute approximate surface area is 131 Å². The van der Waals surface area contributed by atoms with Crippen molar-refractivity contribution in [3.8, 4) is 0 Å². The van der Waals surface area contributed by atoms with Gasteiger partial charge in [0.1, 0.15) is 0 Å². The van der Waals surface area contributed by atoms with E-state index in [4.69, 9.17) is 0 Å². The maximum atomic E-state index is 11.0. The predicted octanol–water partition coefficient (Wildman–Crippen LogP) is 5.50. The van der Waals surface area contributed by atoms with Gasteiger partial charge in [0, 0.05) is 0 Å². The van der Waals surface area contributed by atoms with Crippen LogP contribution in [0.25, 0.3) is 0 Å². The van der Waals surface area contributed by atoms with Crippen molar-refractivity contribution in [2.75, 3.05) is 0 Å². The minimum Gasteiger partial charge on any atom is -0.390 e. The molecule has 2 aliphatic carbocycles. The van der Waals surface area contributed by atoms with E-state index in [0.29, 0.717) is 11.3 Å². The molecule has 0 saturated heterocycles. The molecule has 0 bridgehead atoms. The highest BCUT2D eigenvalue weighted by Gasteiger charge is 2.57. The van der Waals surface area contributed by atoms with Gasteiger partial charge in [-0.1, -0.05) is 51.5 Å². The molecule has 1 heteroatoms. The molecule has 4 atom stereocenters. The minimum atomic E-state index is -0.531. The van der Waals surface area contributed by atoms with Crippen LogP contribution in [0.3, 0.4) is 0 Å². The normalized spacial score (nSPS) is 43.2. The van der Waals surface area contributed by atoms with E-state index in [0.717, 1.165) is 18.8 Å². The van der Waals surface area contributed by atoms with Crippen molar-refractivity contribution >= 4 is 0 Å². The van der Waals surface area contributed by atoms with Crippen LogP contribution in [-0.4, -0.2) is 10.7 Å². The van der Waals surface area contributed by atoms with Crippen molar-refractivity contribution in [1.29, 1.82) is 0 Å². The van der Waals surface area contributed by atoms with Gasteiger partial charge in [-0.2, -0.15) is 0 Å². The Balaban J connectivity index is 2.35. The summed E-state index contributed by atoms with van der Waals surface area (Å²) in [5.41, 5.74) is 1.38. The van der Waals surface area contributed by atoms with E-state index in [2.05, 4.69) is 47.3 Å². The largest absolute Gasteiger partial charge is 0.390 e. The second-order valence-electron chi connectivity index (χ2n) is 8.74. The third-order valence-electron chi connectivity index (χ3n) is 6.76. The van der Waals surface area contributed by atoms with Crippen molar-refractivity contribution in [1.82, 2.24) is 0 Å². The molecule has 21 heavy (non-hydrogen) atoms.